The Kier molecular flexibility index (Phi) is 5.89. The van der Waals surface area contributed by atoms with Crippen molar-refractivity contribution in [1.29, 1.82) is 0 Å². The van der Waals surface area contributed by atoms with E-state index < -0.39 is 12.0 Å². The summed E-state index contributed by atoms with van der Waals surface area (Å²) >= 11 is 5.54. The van der Waals surface area contributed by atoms with E-state index in [1.54, 1.807) is 24.3 Å². The number of benzene rings is 1. The summed E-state index contributed by atoms with van der Waals surface area (Å²) in [5, 5.41) is 14.2. The van der Waals surface area contributed by atoms with Gasteiger partial charge in [-0.25, -0.2) is 4.79 Å². The molecule has 102 valence electrons. The van der Waals surface area contributed by atoms with Gasteiger partial charge in [0.1, 0.15) is 0 Å². The van der Waals surface area contributed by atoms with Crippen molar-refractivity contribution in [3.63, 3.8) is 0 Å². The number of halogens is 1. The molecular formula is C13H15ClN2O3. The van der Waals surface area contributed by atoms with Crippen molar-refractivity contribution in [3.8, 4) is 0 Å². The van der Waals surface area contributed by atoms with E-state index in [2.05, 4.69) is 17.2 Å². The van der Waals surface area contributed by atoms with Crippen molar-refractivity contribution >= 4 is 29.3 Å². The highest BCUT2D eigenvalue weighted by atomic mass is 35.5. The lowest BCUT2D eigenvalue weighted by Gasteiger charge is -2.11. The number of para-hydroxylation sites is 1. The maximum absolute atomic E-state index is 11.6. The average molecular weight is 283 g/mol. The first-order valence-electron chi connectivity index (χ1n) is 5.67. The van der Waals surface area contributed by atoms with Crippen LogP contribution in [0, 0.1) is 0 Å². The van der Waals surface area contributed by atoms with Gasteiger partial charge in [-0.05, 0) is 18.1 Å². The molecule has 0 aromatic heterocycles. The van der Waals surface area contributed by atoms with E-state index in [1.165, 1.54) is 0 Å². The maximum Gasteiger partial charge on any atom is 0.319 e. The second-order valence-corrected chi connectivity index (χ2v) is 4.41. The number of amides is 2. The fourth-order valence-electron chi connectivity index (χ4n) is 1.44. The molecule has 0 saturated heterocycles. The predicted octanol–water partition coefficient (Wildman–Crippen LogP) is 2.58. The molecule has 0 aliphatic heterocycles. The number of carboxylic acids is 1. The lowest BCUT2D eigenvalue weighted by atomic mass is 10.1. The zero-order valence-electron chi connectivity index (χ0n) is 10.3. The molecule has 1 aromatic carbocycles. The quantitative estimate of drug-likeness (QED) is 0.750. The third kappa shape index (κ3) is 5.92. The minimum atomic E-state index is -0.877. The maximum atomic E-state index is 11.6. The van der Waals surface area contributed by atoms with Gasteiger partial charge in [-0.1, -0.05) is 36.4 Å². The van der Waals surface area contributed by atoms with Crippen LogP contribution in [0.5, 0.6) is 0 Å². The fraction of sp³-hybridized carbons (Fsp3) is 0.231. The van der Waals surface area contributed by atoms with Crippen LogP contribution in [-0.4, -0.2) is 23.7 Å². The predicted molar refractivity (Wildman–Crippen MR) is 74.4 cm³/mol. The van der Waals surface area contributed by atoms with Gasteiger partial charge in [-0.15, -0.1) is 0 Å². The number of carboxylic acid groups (broad SMARTS) is 1. The molecule has 0 aliphatic carbocycles. The zero-order valence-corrected chi connectivity index (χ0v) is 11.0. The van der Waals surface area contributed by atoms with Crippen LogP contribution in [0.2, 0.25) is 0 Å². The Bertz CT molecular complexity index is 489. The molecule has 0 atom stereocenters. The van der Waals surface area contributed by atoms with Crippen molar-refractivity contribution in [2.24, 2.45) is 0 Å². The lowest BCUT2D eigenvalue weighted by molar-refractivity contribution is -0.136. The number of carbonyl (C=O) groups excluding carboxylic acids is 1. The van der Waals surface area contributed by atoms with E-state index in [1.807, 2.05) is 0 Å². The number of nitrogens with one attached hydrogen (secondary N) is 2. The fourth-order valence-corrected chi connectivity index (χ4v) is 1.51. The summed E-state index contributed by atoms with van der Waals surface area (Å²) < 4.78 is 0. The molecule has 5 nitrogen and oxygen atoms in total. The molecule has 0 aliphatic rings. The van der Waals surface area contributed by atoms with Gasteiger partial charge in [-0.3, -0.25) is 4.79 Å². The van der Waals surface area contributed by atoms with Crippen molar-refractivity contribution in [1.82, 2.24) is 5.32 Å². The Hall–Kier alpha value is -2.01. The largest absolute Gasteiger partial charge is 0.481 e. The van der Waals surface area contributed by atoms with E-state index in [-0.39, 0.29) is 13.0 Å². The number of anilines is 1. The monoisotopic (exact) mass is 282 g/mol. The summed E-state index contributed by atoms with van der Waals surface area (Å²) in [7, 11) is 0. The standard InChI is InChI=1S/C13H15ClN2O3/c1-9(14)8-15-13(19)16-11-5-3-2-4-10(11)6-7-12(17)18/h2-5H,1,6-8H2,(H,17,18)(H2,15,16,19). The van der Waals surface area contributed by atoms with E-state index >= 15 is 0 Å². The highest BCUT2D eigenvalue weighted by molar-refractivity contribution is 6.29. The third-order valence-electron chi connectivity index (χ3n) is 2.31. The molecule has 6 heteroatoms. The van der Waals surface area contributed by atoms with E-state index in [9.17, 15) is 9.59 Å². The highest BCUT2D eigenvalue weighted by Gasteiger charge is 2.07. The second-order valence-electron chi connectivity index (χ2n) is 3.88. The first-order valence-corrected chi connectivity index (χ1v) is 6.04. The van der Waals surface area contributed by atoms with Gasteiger partial charge in [-0.2, -0.15) is 0 Å². The first-order chi connectivity index (χ1) is 8.99. The molecule has 0 radical (unpaired) electrons. The molecule has 3 N–H and O–H groups in total. The minimum Gasteiger partial charge on any atom is -0.481 e. The summed E-state index contributed by atoms with van der Waals surface area (Å²) in [5.41, 5.74) is 1.35. The van der Waals surface area contributed by atoms with Crippen LogP contribution < -0.4 is 10.6 Å². The summed E-state index contributed by atoms with van der Waals surface area (Å²) in [5.74, 6) is -0.877. The van der Waals surface area contributed by atoms with E-state index in [4.69, 9.17) is 16.7 Å². The second kappa shape index (κ2) is 7.43. The van der Waals surface area contributed by atoms with Gasteiger partial charge in [0.25, 0.3) is 0 Å². The topological polar surface area (TPSA) is 78.4 Å². The Morgan fingerprint density at radius 1 is 1.32 bits per heavy atom. The van der Waals surface area contributed by atoms with Gasteiger partial charge >= 0.3 is 12.0 Å². The molecule has 1 rings (SSSR count). The number of rotatable bonds is 6. The van der Waals surface area contributed by atoms with Crippen molar-refractivity contribution in [2.45, 2.75) is 12.8 Å². The van der Waals surface area contributed by atoms with Crippen LogP contribution in [0.3, 0.4) is 0 Å². The zero-order chi connectivity index (χ0) is 14.3. The third-order valence-corrected chi connectivity index (χ3v) is 2.45. The van der Waals surface area contributed by atoms with Crippen LogP contribution in [-0.2, 0) is 11.2 Å². The van der Waals surface area contributed by atoms with Crippen molar-refractivity contribution < 1.29 is 14.7 Å². The van der Waals surface area contributed by atoms with Gasteiger partial charge in [0.2, 0.25) is 0 Å². The SMILES string of the molecule is C=C(Cl)CNC(=O)Nc1ccccc1CCC(=O)O. The average Bonchev–Trinajstić information content (AvgIpc) is 2.35. The van der Waals surface area contributed by atoms with Gasteiger partial charge in [0.15, 0.2) is 0 Å². The van der Waals surface area contributed by atoms with Gasteiger partial charge < -0.3 is 15.7 Å². The number of hydrogen-bond donors (Lipinski definition) is 3. The summed E-state index contributed by atoms with van der Waals surface area (Å²) in [6, 6.07) is 6.64. The molecule has 0 unspecified atom stereocenters. The number of aliphatic carboxylic acids is 1. The number of urea groups is 1. The van der Waals surface area contributed by atoms with Crippen molar-refractivity contribution in [3.05, 3.63) is 41.4 Å². The van der Waals surface area contributed by atoms with Crippen LogP contribution in [0.1, 0.15) is 12.0 Å². The highest BCUT2D eigenvalue weighted by Crippen LogP contribution is 2.16. The molecule has 2 amide bonds. The first kappa shape index (κ1) is 15.0. The number of aryl methyl sites for hydroxylation is 1. The van der Waals surface area contributed by atoms with Gasteiger partial charge in [0, 0.05) is 17.1 Å². The Labute approximate surface area is 116 Å². The van der Waals surface area contributed by atoms with Crippen LogP contribution in [0.15, 0.2) is 35.9 Å². The molecule has 0 bridgehead atoms. The number of carbonyl (C=O) groups is 2. The molecular weight excluding hydrogens is 268 g/mol. The summed E-state index contributed by atoms with van der Waals surface area (Å²) in [6.45, 7) is 3.63. The lowest BCUT2D eigenvalue weighted by Crippen LogP contribution is -2.30. The molecule has 0 heterocycles. The van der Waals surface area contributed by atoms with Crippen LogP contribution in [0.25, 0.3) is 0 Å². The minimum absolute atomic E-state index is 0.0127. The molecule has 0 spiro atoms. The summed E-state index contributed by atoms with van der Waals surface area (Å²) in [4.78, 5) is 22.1. The smallest absolute Gasteiger partial charge is 0.319 e. The summed E-state index contributed by atoms with van der Waals surface area (Å²) in [6.07, 6.45) is 0.368. The van der Waals surface area contributed by atoms with E-state index in [0.717, 1.165) is 5.56 Å². The molecule has 19 heavy (non-hydrogen) atoms. The number of hydrogen-bond acceptors (Lipinski definition) is 2. The van der Waals surface area contributed by atoms with Crippen molar-refractivity contribution in [2.75, 3.05) is 11.9 Å². The Balaban J connectivity index is 2.64. The van der Waals surface area contributed by atoms with Gasteiger partial charge in [0.05, 0.1) is 6.54 Å². The van der Waals surface area contributed by atoms with Crippen LogP contribution in [0.4, 0.5) is 10.5 Å². The Morgan fingerprint density at radius 3 is 2.63 bits per heavy atom. The molecule has 1 aromatic rings. The Morgan fingerprint density at radius 2 is 2.00 bits per heavy atom. The molecule has 0 saturated carbocycles. The normalized spacial score (nSPS) is 9.74. The molecule has 0 fully saturated rings. The van der Waals surface area contributed by atoms with E-state index in [0.29, 0.717) is 17.1 Å². The van der Waals surface area contributed by atoms with Crippen LogP contribution >= 0.6 is 11.6 Å².